The summed E-state index contributed by atoms with van der Waals surface area (Å²) in [5.74, 6) is -0.0406. The smallest absolute Gasteiger partial charge is 0.314 e. The number of aliphatic carboxylic acids is 1. The highest BCUT2D eigenvalue weighted by molar-refractivity contribution is 5.73. The average Bonchev–Trinajstić information content (AvgIpc) is 2.77. The van der Waals surface area contributed by atoms with Crippen molar-refractivity contribution in [2.45, 2.75) is 19.3 Å². The summed E-state index contributed by atoms with van der Waals surface area (Å²) in [6.07, 6.45) is 2.71. The van der Waals surface area contributed by atoms with E-state index in [9.17, 15) is 9.59 Å². The Bertz CT molecular complexity index is 348. The monoisotopic (exact) mass is 240 g/mol. The third-order valence-electron chi connectivity index (χ3n) is 2.09. The van der Waals surface area contributed by atoms with Gasteiger partial charge in [-0.1, -0.05) is 0 Å². The van der Waals surface area contributed by atoms with Gasteiger partial charge in [0.25, 0.3) is 0 Å². The quantitative estimate of drug-likeness (QED) is 0.620. The highest BCUT2D eigenvalue weighted by Crippen LogP contribution is 1.99. The maximum atomic E-state index is 11.2. The van der Waals surface area contributed by atoms with Crippen LogP contribution in [0.1, 0.15) is 18.6 Å². The highest BCUT2D eigenvalue weighted by Gasteiger charge is 2.01. The number of carboxylic acids is 1. The first-order valence-electron chi connectivity index (χ1n) is 5.44. The van der Waals surface area contributed by atoms with Crippen molar-refractivity contribution in [2.24, 2.45) is 0 Å². The lowest BCUT2D eigenvalue weighted by Crippen LogP contribution is -2.37. The summed E-state index contributed by atoms with van der Waals surface area (Å²) in [6.45, 7) is 0.844. The van der Waals surface area contributed by atoms with Gasteiger partial charge in [-0.25, -0.2) is 4.79 Å². The molecule has 1 aromatic rings. The molecule has 0 aliphatic rings. The van der Waals surface area contributed by atoms with Crippen molar-refractivity contribution >= 4 is 12.0 Å². The maximum Gasteiger partial charge on any atom is 0.314 e. The van der Waals surface area contributed by atoms with Crippen LogP contribution in [-0.4, -0.2) is 30.2 Å². The van der Waals surface area contributed by atoms with Crippen LogP contribution in [0.5, 0.6) is 0 Å². The predicted octanol–water partition coefficient (Wildman–Crippen LogP) is 0.986. The number of amides is 2. The molecule has 6 heteroatoms. The Labute approximate surface area is 99.0 Å². The predicted molar refractivity (Wildman–Crippen MR) is 60.7 cm³/mol. The molecule has 2 amide bonds. The fraction of sp³-hybridized carbons (Fsp3) is 0.455. The Morgan fingerprint density at radius 1 is 1.29 bits per heavy atom. The lowest BCUT2D eigenvalue weighted by Gasteiger charge is -2.05. The summed E-state index contributed by atoms with van der Waals surface area (Å²) >= 11 is 0. The van der Waals surface area contributed by atoms with Gasteiger partial charge in [0, 0.05) is 25.9 Å². The van der Waals surface area contributed by atoms with Crippen molar-refractivity contribution in [3.63, 3.8) is 0 Å². The molecule has 1 aromatic heterocycles. The number of hydrogen-bond donors (Lipinski definition) is 3. The molecule has 1 rings (SSSR count). The number of carbonyl (C=O) groups excluding carboxylic acids is 1. The molecular weight excluding hydrogens is 224 g/mol. The molecule has 94 valence electrons. The maximum absolute atomic E-state index is 11.2. The van der Waals surface area contributed by atoms with E-state index >= 15 is 0 Å². The second-order valence-corrected chi connectivity index (χ2v) is 3.51. The van der Waals surface area contributed by atoms with Gasteiger partial charge in [0.15, 0.2) is 0 Å². The van der Waals surface area contributed by atoms with Gasteiger partial charge in [0.05, 0.1) is 6.26 Å². The zero-order valence-corrected chi connectivity index (χ0v) is 9.44. The summed E-state index contributed by atoms with van der Waals surface area (Å²) in [5, 5.41) is 13.6. The van der Waals surface area contributed by atoms with Gasteiger partial charge < -0.3 is 20.2 Å². The van der Waals surface area contributed by atoms with Crippen molar-refractivity contribution in [1.82, 2.24) is 10.6 Å². The van der Waals surface area contributed by atoms with Gasteiger partial charge in [0.2, 0.25) is 0 Å². The Hall–Kier alpha value is -1.98. The zero-order valence-electron chi connectivity index (χ0n) is 9.44. The molecule has 0 saturated carbocycles. The van der Waals surface area contributed by atoms with Crippen LogP contribution >= 0.6 is 0 Å². The van der Waals surface area contributed by atoms with Crippen LogP contribution in [0.3, 0.4) is 0 Å². The summed E-state index contributed by atoms with van der Waals surface area (Å²) in [7, 11) is 0. The molecule has 0 aliphatic heterocycles. The normalized spacial score (nSPS) is 9.88. The van der Waals surface area contributed by atoms with Crippen molar-refractivity contribution in [3.8, 4) is 0 Å². The van der Waals surface area contributed by atoms with E-state index in [2.05, 4.69) is 10.6 Å². The zero-order chi connectivity index (χ0) is 12.5. The van der Waals surface area contributed by atoms with E-state index in [1.54, 1.807) is 12.3 Å². The van der Waals surface area contributed by atoms with E-state index in [0.717, 1.165) is 5.76 Å². The van der Waals surface area contributed by atoms with E-state index in [-0.39, 0.29) is 12.5 Å². The second-order valence-electron chi connectivity index (χ2n) is 3.51. The Balaban J connectivity index is 1.99. The minimum Gasteiger partial charge on any atom is -0.481 e. The third kappa shape index (κ3) is 6.24. The van der Waals surface area contributed by atoms with Crippen LogP contribution in [0.2, 0.25) is 0 Å². The molecule has 3 N–H and O–H groups in total. The fourth-order valence-electron chi connectivity index (χ4n) is 1.26. The summed E-state index contributed by atoms with van der Waals surface area (Å²) in [5.41, 5.74) is 0. The van der Waals surface area contributed by atoms with Gasteiger partial charge in [-0.2, -0.15) is 0 Å². The van der Waals surface area contributed by atoms with Crippen LogP contribution in [-0.2, 0) is 11.2 Å². The summed E-state index contributed by atoms with van der Waals surface area (Å²) in [6, 6.07) is 3.34. The largest absolute Gasteiger partial charge is 0.481 e. The van der Waals surface area contributed by atoms with E-state index < -0.39 is 5.97 Å². The molecule has 0 aliphatic carbocycles. The summed E-state index contributed by atoms with van der Waals surface area (Å²) < 4.78 is 5.10. The first-order chi connectivity index (χ1) is 8.18. The van der Waals surface area contributed by atoms with E-state index in [1.165, 1.54) is 0 Å². The molecule has 0 unspecified atom stereocenters. The molecule has 0 spiro atoms. The third-order valence-corrected chi connectivity index (χ3v) is 2.09. The Morgan fingerprint density at radius 3 is 2.71 bits per heavy atom. The van der Waals surface area contributed by atoms with Crippen LogP contribution in [0.25, 0.3) is 0 Å². The van der Waals surface area contributed by atoms with E-state index in [0.29, 0.717) is 25.9 Å². The number of rotatable bonds is 7. The molecule has 0 aromatic carbocycles. The number of hydrogen-bond acceptors (Lipinski definition) is 3. The lowest BCUT2D eigenvalue weighted by molar-refractivity contribution is -0.137. The van der Waals surface area contributed by atoms with Crippen molar-refractivity contribution in [3.05, 3.63) is 24.2 Å². The van der Waals surface area contributed by atoms with Gasteiger partial charge >= 0.3 is 12.0 Å². The standard InChI is InChI=1S/C11H16N2O4/c14-10(15)4-1-6-12-11(16)13-7-5-9-3-2-8-17-9/h2-3,8H,1,4-7H2,(H,14,15)(H2,12,13,16). The molecule has 0 atom stereocenters. The first-order valence-corrected chi connectivity index (χ1v) is 5.44. The molecule has 0 bridgehead atoms. The minimum atomic E-state index is -0.856. The molecule has 1 heterocycles. The van der Waals surface area contributed by atoms with Crippen LogP contribution < -0.4 is 10.6 Å². The first kappa shape index (κ1) is 13.1. The van der Waals surface area contributed by atoms with Crippen LogP contribution in [0.15, 0.2) is 22.8 Å². The number of carbonyl (C=O) groups is 2. The van der Waals surface area contributed by atoms with Crippen molar-refractivity contribution in [1.29, 1.82) is 0 Å². The molecule has 17 heavy (non-hydrogen) atoms. The Kier molecular flexibility index (Phi) is 5.63. The average molecular weight is 240 g/mol. The van der Waals surface area contributed by atoms with E-state index in [1.807, 2.05) is 6.07 Å². The molecular formula is C11H16N2O4. The second kappa shape index (κ2) is 7.32. The summed E-state index contributed by atoms with van der Waals surface area (Å²) in [4.78, 5) is 21.4. The van der Waals surface area contributed by atoms with Gasteiger partial charge in [-0.3, -0.25) is 4.79 Å². The van der Waals surface area contributed by atoms with Gasteiger partial charge in [-0.05, 0) is 18.6 Å². The van der Waals surface area contributed by atoms with Gasteiger partial charge in [-0.15, -0.1) is 0 Å². The fourth-order valence-corrected chi connectivity index (χ4v) is 1.26. The molecule has 0 fully saturated rings. The molecule has 0 radical (unpaired) electrons. The number of nitrogens with one attached hydrogen (secondary N) is 2. The molecule has 6 nitrogen and oxygen atoms in total. The number of urea groups is 1. The minimum absolute atomic E-state index is 0.0622. The number of carboxylic acid groups (broad SMARTS) is 1. The number of furan rings is 1. The lowest BCUT2D eigenvalue weighted by atomic mass is 10.3. The van der Waals surface area contributed by atoms with Crippen molar-refractivity contribution in [2.75, 3.05) is 13.1 Å². The molecule has 0 saturated heterocycles. The van der Waals surface area contributed by atoms with Gasteiger partial charge in [0.1, 0.15) is 5.76 Å². The SMILES string of the molecule is O=C(O)CCCNC(=O)NCCc1ccco1. The topological polar surface area (TPSA) is 91.6 Å². The highest BCUT2D eigenvalue weighted by atomic mass is 16.4. The van der Waals surface area contributed by atoms with E-state index in [4.69, 9.17) is 9.52 Å². The van der Waals surface area contributed by atoms with Crippen LogP contribution in [0, 0.1) is 0 Å². The van der Waals surface area contributed by atoms with Crippen LogP contribution in [0.4, 0.5) is 4.79 Å². The van der Waals surface area contributed by atoms with Crippen molar-refractivity contribution < 1.29 is 19.1 Å². The Morgan fingerprint density at radius 2 is 2.06 bits per heavy atom.